The molecule has 0 aliphatic carbocycles. The molecule has 1 saturated heterocycles. The first-order valence-electron chi connectivity index (χ1n) is 12.5. The first kappa shape index (κ1) is 25.4. The fourth-order valence-electron chi connectivity index (χ4n) is 4.64. The number of ether oxygens (including phenoxy) is 1. The second-order valence-corrected chi connectivity index (χ2v) is 9.03. The number of nitrogens with one attached hydrogen (secondary N) is 1. The molecule has 0 radical (unpaired) electrons. The van der Waals surface area contributed by atoms with Crippen molar-refractivity contribution in [2.24, 2.45) is 0 Å². The molecule has 0 atom stereocenters. The summed E-state index contributed by atoms with van der Waals surface area (Å²) >= 11 is 0. The van der Waals surface area contributed by atoms with Crippen molar-refractivity contribution >= 4 is 5.91 Å². The maximum absolute atomic E-state index is 16.0. The third-order valence-electron chi connectivity index (χ3n) is 6.51. The number of hydrogen-bond acceptors (Lipinski definition) is 7. The van der Waals surface area contributed by atoms with Crippen molar-refractivity contribution in [3.8, 4) is 45.1 Å². The molecule has 0 bridgehead atoms. The minimum Gasteiger partial charge on any atom is -0.507 e. The van der Waals surface area contributed by atoms with Crippen molar-refractivity contribution in [3.05, 3.63) is 77.7 Å². The Hall–Kier alpha value is -4.21. The SMILES string of the molecule is CCNC(=O)c1noc(-c2c(O)cc(O)c(-c3ccccc3)c2F)c1-c1ccc(CN2CCOCC2)cc1. The molecule has 1 fully saturated rings. The van der Waals surface area contributed by atoms with E-state index in [-0.39, 0.29) is 28.1 Å². The molecule has 9 heteroatoms. The lowest BCUT2D eigenvalue weighted by atomic mass is 9.94. The molecule has 5 rings (SSSR count). The highest BCUT2D eigenvalue weighted by atomic mass is 19.1. The Bertz CT molecular complexity index is 1430. The molecule has 1 aliphatic rings. The smallest absolute Gasteiger partial charge is 0.274 e. The summed E-state index contributed by atoms with van der Waals surface area (Å²) in [6.45, 7) is 5.98. The van der Waals surface area contributed by atoms with Gasteiger partial charge in [0.05, 0.1) is 29.9 Å². The highest BCUT2D eigenvalue weighted by Crippen LogP contribution is 2.46. The van der Waals surface area contributed by atoms with Crippen LogP contribution in [0.25, 0.3) is 33.6 Å². The van der Waals surface area contributed by atoms with E-state index in [2.05, 4.69) is 15.4 Å². The average Bonchev–Trinajstić information content (AvgIpc) is 3.35. The summed E-state index contributed by atoms with van der Waals surface area (Å²) in [5, 5.41) is 27.9. The number of aromatic nitrogens is 1. The van der Waals surface area contributed by atoms with Crippen LogP contribution < -0.4 is 5.32 Å². The molecule has 4 aromatic rings. The lowest BCUT2D eigenvalue weighted by molar-refractivity contribution is 0.0342. The Balaban J connectivity index is 1.61. The number of morpholine rings is 1. The highest BCUT2D eigenvalue weighted by molar-refractivity contribution is 6.03. The molecular weight excluding hydrogens is 489 g/mol. The summed E-state index contributed by atoms with van der Waals surface area (Å²) in [5.74, 6) is -2.45. The number of halogens is 1. The summed E-state index contributed by atoms with van der Waals surface area (Å²) < 4.78 is 27.0. The third-order valence-corrected chi connectivity index (χ3v) is 6.51. The second-order valence-electron chi connectivity index (χ2n) is 9.03. The molecule has 38 heavy (non-hydrogen) atoms. The Morgan fingerprint density at radius 1 is 0.974 bits per heavy atom. The number of rotatable bonds is 7. The zero-order valence-corrected chi connectivity index (χ0v) is 20.9. The van der Waals surface area contributed by atoms with E-state index in [4.69, 9.17) is 9.26 Å². The second kappa shape index (κ2) is 11.0. The lowest BCUT2D eigenvalue weighted by Crippen LogP contribution is -2.35. The molecule has 0 spiro atoms. The summed E-state index contributed by atoms with van der Waals surface area (Å²) in [7, 11) is 0. The van der Waals surface area contributed by atoms with Crippen molar-refractivity contribution in [1.29, 1.82) is 0 Å². The van der Waals surface area contributed by atoms with Gasteiger partial charge in [-0.2, -0.15) is 0 Å². The van der Waals surface area contributed by atoms with Crippen LogP contribution in [0.2, 0.25) is 0 Å². The van der Waals surface area contributed by atoms with Gasteiger partial charge in [-0.1, -0.05) is 59.8 Å². The van der Waals surface area contributed by atoms with Crippen LogP contribution in [0.4, 0.5) is 4.39 Å². The van der Waals surface area contributed by atoms with E-state index in [0.717, 1.165) is 31.3 Å². The van der Waals surface area contributed by atoms with Gasteiger partial charge in [-0.3, -0.25) is 9.69 Å². The molecular formula is C29H28FN3O5. The number of amides is 1. The largest absolute Gasteiger partial charge is 0.507 e. The molecule has 8 nitrogen and oxygen atoms in total. The van der Waals surface area contributed by atoms with Crippen LogP contribution in [0.5, 0.6) is 11.5 Å². The van der Waals surface area contributed by atoms with Gasteiger partial charge in [-0.15, -0.1) is 0 Å². The number of nitrogens with zero attached hydrogens (tertiary/aromatic N) is 2. The number of phenolic OH excluding ortho intramolecular Hbond substituents is 2. The summed E-state index contributed by atoms with van der Waals surface area (Å²) in [4.78, 5) is 15.2. The molecule has 3 aromatic carbocycles. The van der Waals surface area contributed by atoms with Gasteiger partial charge in [0.2, 0.25) is 0 Å². The lowest BCUT2D eigenvalue weighted by Gasteiger charge is -2.26. The molecule has 3 N–H and O–H groups in total. The molecule has 1 amide bonds. The molecule has 0 unspecified atom stereocenters. The number of benzene rings is 3. The van der Waals surface area contributed by atoms with Gasteiger partial charge in [0, 0.05) is 32.2 Å². The summed E-state index contributed by atoms with van der Waals surface area (Å²) in [6, 6.07) is 17.1. The summed E-state index contributed by atoms with van der Waals surface area (Å²) in [5.41, 5.74) is 1.88. The van der Waals surface area contributed by atoms with E-state index < -0.39 is 23.2 Å². The van der Waals surface area contributed by atoms with Gasteiger partial charge >= 0.3 is 0 Å². The van der Waals surface area contributed by atoms with Gasteiger partial charge in [-0.25, -0.2) is 4.39 Å². The van der Waals surface area contributed by atoms with Gasteiger partial charge in [0.25, 0.3) is 5.91 Å². The predicted octanol–water partition coefficient (Wildman–Crippen LogP) is 4.81. The van der Waals surface area contributed by atoms with Gasteiger partial charge in [0.15, 0.2) is 11.5 Å². The standard InChI is InChI=1S/C29H28FN3O5/c1-2-31-29(36)27-24(20-10-8-18(9-11-20)17-33-12-14-37-15-13-33)28(38-32-27)25-22(35)16-21(34)23(26(25)30)19-6-4-3-5-7-19/h3-11,16,34-35H,2,12-15,17H2,1H3,(H,31,36). The van der Waals surface area contributed by atoms with Crippen LogP contribution >= 0.6 is 0 Å². The van der Waals surface area contributed by atoms with Crippen molar-refractivity contribution in [2.75, 3.05) is 32.8 Å². The Morgan fingerprint density at radius 3 is 2.32 bits per heavy atom. The number of phenols is 2. The van der Waals surface area contributed by atoms with Crippen molar-refractivity contribution < 1.29 is 28.7 Å². The number of carbonyl (C=O) groups is 1. The first-order chi connectivity index (χ1) is 18.5. The van der Waals surface area contributed by atoms with Crippen molar-refractivity contribution in [1.82, 2.24) is 15.4 Å². The molecule has 0 saturated carbocycles. The normalized spacial score (nSPS) is 13.9. The number of aromatic hydroxyl groups is 2. The van der Waals surface area contributed by atoms with E-state index in [0.29, 0.717) is 30.9 Å². The average molecular weight is 518 g/mol. The topological polar surface area (TPSA) is 108 Å². The maximum Gasteiger partial charge on any atom is 0.274 e. The highest BCUT2D eigenvalue weighted by Gasteiger charge is 2.30. The van der Waals surface area contributed by atoms with Crippen LogP contribution in [-0.2, 0) is 11.3 Å². The zero-order chi connectivity index (χ0) is 26.6. The van der Waals surface area contributed by atoms with Gasteiger partial charge in [-0.05, 0) is 23.6 Å². The van der Waals surface area contributed by atoms with Crippen molar-refractivity contribution in [2.45, 2.75) is 13.5 Å². The third kappa shape index (κ3) is 4.98. The molecule has 1 aliphatic heterocycles. The van der Waals surface area contributed by atoms with Crippen LogP contribution in [0.1, 0.15) is 23.0 Å². The van der Waals surface area contributed by atoms with E-state index in [9.17, 15) is 15.0 Å². The van der Waals surface area contributed by atoms with Crippen LogP contribution in [0, 0.1) is 5.82 Å². The molecule has 2 heterocycles. The summed E-state index contributed by atoms with van der Waals surface area (Å²) in [6.07, 6.45) is 0. The van der Waals surface area contributed by atoms with Crippen molar-refractivity contribution in [3.63, 3.8) is 0 Å². The number of carbonyl (C=O) groups excluding carboxylic acids is 1. The van der Waals surface area contributed by atoms with Gasteiger partial charge < -0.3 is 24.8 Å². The van der Waals surface area contributed by atoms with E-state index in [1.54, 1.807) is 37.3 Å². The van der Waals surface area contributed by atoms with E-state index in [1.807, 2.05) is 24.3 Å². The number of hydrogen-bond donors (Lipinski definition) is 3. The van der Waals surface area contributed by atoms with Crippen LogP contribution in [0.15, 0.2) is 65.2 Å². The van der Waals surface area contributed by atoms with E-state index in [1.165, 1.54) is 0 Å². The minimum atomic E-state index is -0.891. The first-order valence-corrected chi connectivity index (χ1v) is 12.5. The monoisotopic (exact) mass is 517 g/mol. The van der Waals surface area contributed by atoms with Crippen LogP contribution in [-0.4, -0.2) is 59.0 Å². The predicted molar refractivity (Wildman–Crippen MR) is 140 cm³/mol. The van der Waals surface area contributed by atoms with E-state index >= 15 is 4.39 Å². The van der Waals surface area contributed by atoms with Gasteiger partial charge in [0.1, 0.15) is 17.3 Å². The fourth-order valence-corrected chi connectivity index (χ4v) is 4.64. The zero-order valence-electron chi connectivity index (χ0n) is 20.9. The molecule has 1 aromatic heterocycles. The Labute approximate surface area is 219 Å². The fraction of sp³-hybridized carbons (Fsp3) is 0.241. The van der Waals surface area contributed by atoms with Crippen LogP contribution in [0.3, 0.4) is 0 Å². The maximum atomic E-state index is 16.0. The Kier molecular flexibility index (Phi) is 7.39. The quantitative estimate of drug-likeness (QED) is 0.323. The Morgan fingerprint density at radius 2 is 1.63 bits per heavy atom. The molecule has 196 valence electrons. The minimum absolute atomic E-state index is 0.0316.